The largest absolute Gasteiger partial charge is 0.306 e. The Morgan fingerprint density at radius 1 is 1.40 bits per heavy atom. The molecule has 1 aromatic heterocycles. The van der Waals surface area contributed by atoms with Gasteiger partial charge in [-0.2, -0.15) is 0 Å². The topological polar surface area (TPSA) is 12.0 Å². The van der Waals surface area contributed by atoms with Crippen LogP contribution >= 0.6 is 38.9 Å². The van der Waals surface area contributed by atoms with Crippen molar-refractivity contribution in [3.8, 4) is 0 Å². The van der Waals surface area contributed by atoms with E-state index in [-0.39, 0.29) is 11.9 Å². The molecular weight excluding hydrogens is 361 g/mol. The normalized spacial score (nSPS) is 12.7. The van der Waals surface area contributed by atoms with Crippen molar-refractivity contribution >= 4 is 38.9 Å². The number of hydrogen-bond donors (Lipinski definition) is 1. The summed E-state index contributed by atoms with van der Waals surface area (Å²) in [6.45, 7) is 4.96. The van der Waals surface area contributed by atoms with Gasteiger partial charge in [0.25, 0.3) is 0 Å². The molecule has 0 aliphatic rings. The molecule has 2 rings (SSSR count). The Morgan fingerprint density at radius 3 is 2.75 bits per heavy atom. The first-order valence-electron chi connectivity index (χ1n) is 6.47. The van der Waals surface area contributed by atoms with Crippen molar-refractivity contribution in [2.24, 2.45) is 0 Å². The smallest absolute Gasteiger partial charge is 0.128 e. The second kappa shape index (κ2) is 7.03. The van der Waals surface area contributed by atoms with E-state index in [1.807, 2.05) is 13.0 Å². The van der Waals surface area contributed by atoms with Crippen LogP contribution in [0.25, 0.3) is 0 Å². The van der Waals surface area contributed by atoms with Gasteiger partial charge in [-0.05, 0) is 60.1 Å². The van der Waals surface area contributed by atoms with Gasteiger partial charge < -0.3 is 5.32 Å². The Kier molecular flexibility index (Phi) is 5.61. The van der Waals surface area contributed by atoms with Crippen molar-refractivity contribution in [1.29, 1.82) is 0 Å². The predicted octanol–water partition coefficient (Wildman–Crippen LogP) is 5.70. The van der Waals surface area contributed by atoms with Gasteiger partial charge in [0.15, 0.2) is 0 Å². The van der Waals surface area contributed by atoms with Gasteiger partial charge in [-0.15, -0.1) is 11.3 Å². The molecule has 0 aliphatic heterocycles. The molecule has 0 fully saturated rings. The third kappa shape index (κ3) is 3.61. The SMILES string of the molecule is CCCNC(c1cc(Br)c(C)s1)c1cc(Cl)ccc1F. The average Bonchev–Trinajstić information content (AvgIpc) is 2.74. The second-order valence-corrected chi connectivity index (χ2v) is 7.18. The Balaban J connectivity index is 2.43. The molecule has 0 aliphatic carbocycles. The van der Waals surface area contributed by atoms with Crippen molar-refractivity contribution in [2.45, 2.75) is 26.3 Å². The quantitative estimate of drug-likeness (QED) is 0.705. The van der Waals surface area contributed by atoms with E-state index in [1.165, 1.54) is 10.9 Å². The standard InChI is InChI=1S/C15H16BrClFNS/c1-3-6-19-15(14-8-12(16)9(2)20-14)11-7-10(17)4-5-13(11)18/h4-5,7-8,15,19H,3,6H2,1-2H3. The van der Waals surface area contributed by atoms with Crippen LogP contribution in [0.2, 0.25) is 5.02 Å². The lowest BCUT2D eigenvalue weighted by atomic mass is 10.0. The van der Waals surface area contributed by atoms with Gasteiger partial charge in [-0.1, -0.05) is 18.5 Å². The van der Waals surface area contributed by atoms with Crippen LogP contribution in [-0.4, -0.2) is 6.54 Å². The molecule has 1 nitrogen and oxygen atoms in total. The molecule has 2 aromatic rings. The number of thiophene rings is 1. The number of aryl methyl sites for hydroxylation is 1. The number of rotatable bonds is 5. The molecule has 1 aromatic carbocycles. The number of halogens is 3. The molecule has 0 saturated carbocycles. The predicted molar refractivity (Wildman–Crippen MR) is 88.3 cm³/mol. The average molecular weight is 377 g/mol. The van der Waals surface area contributed by atoms with E-state index >= 15 is 0 Å². The zero-order chi connectivity index (χ0) is 14.7. The van der Waals surface area contributed by atoms with Gasteiger partial charge in [0, 0.05) is 24.8 Å². The van der Waals surface area contributed by atoms with E-state index in [1.54, 1.807) is 23.5 Å². The summed E-state index contributed by atoms with van der Waals surface area (Å²) in [6, 6.07) is 6.59. The van der Waals surface area contributed by atoms with Crippen molar-refractivity contribution in [1.82, 2.24) is 5.32 Å². The van der Waals surface area contributed by atoms with E-state index in [2.05, 4.69) is 28.2 Å². The summed E-state index contributed by atoms with van der Waals surface area (Å²) < 4.78 is 15.2. The van der Waals surface area contributed by atoms with Crippen LogP contribution in [-0.2, 0) is 0 Å². The van der Waals surface area contributed by atoms with Gasteiger partial charge in [-0.25, -0.2) is 4.39 Å². The monoisotopic (exact) mass is 375 g/mol. The summed E-state index contributed by atoms with van der Waals surface area (Å²) in [5.41, 5.74) is 0.597. The van der Waals surface area contributed by atoms with E-state index in [9.17, 15) is 4.39 Å². The van der Waals surface area contributed by atoms with E-state index in [0.717, 1.165) is 22.3 Å². The summed E-state index contributed by atoms with van der Waals surface area (Å²) in [4.78, 5) is 2.27. The molecular formula is C15H16BrClFNS. The summed E-state index contributed by atoms with van der Waals surface area (Å²) in [7, 11) is 0. The van der Waals surface area contributed by atoms with Gasteiger partial charge in [0.2, 0.25) is 0 Å². The number of hydrogen-bond acceptors (Lipinski definition) is 2. The third-order valence-electron chi connectivity index (χ3n) is 3.03. The highest BCUT2D eigenvalue weighted by molar-refractivity contribution is 9.10. The Bertz CT molecular complexity index is 580. The molecule has 0 saturated heterocycles. The van der Waals surface area contributed by atoms with Gasteiger partial charge in [0.05, 0.1) is 6.04 Å². The van der Waals surface area contributed by atoms with Crippen LogP contribution in [0.15, 0.2) is 28.7 Å². The lowest BCUT2D eigenvalue weighted by molar-refractivity contribution is 0.551. The maximum Gasteiger partial charge on any atom is 0.128 e. The maximum absolute atomic E-state index is 14.1. The molecule has 1 N–H and O–H groups in total. The first-order chi connectivity index (χ1) is 9.52. The van der Waals surface area contributed by atoms with Gasteiger partial charge in [-0.3, -0.25) is 0 Å². The second-order valence-electron chi connectivity index (χ2n) is 4.61. The highest BCUT2D eigenvalue weighted by Gasteiger charge is 2.20. The summed E-state index contributed by atoms with van der Waals surface area (Å²) >= 11 is 11.2. The van der Waals surface area contributed by atoms with Crippen molar-refractivity contribution in [3.63, 3.8) is 0 Å². The van der Waals surface area contributed by atoms with Gasteiger partial charge in [0.1, 0.15) is 5.82 Å². The minimum absolute atomic E-state index is 0.163. The number of benzene rings is 1. The molecule has 1 heterocycles. The fraction of sp³-hybridized carbons (Fsp3) is 0.333. The first kappa shape index (κ1) is 16.0. The van der Waals surface area contributed by atoms with Crippen LogP contribution in [0.5, 0.6) is 0 Å². The highest BCUT2D eigenvalue weighted by atomic mass is 79.9. The molecule has 0 spiro atoms. The van der Waals surface area contributed by atoms with Crippen LogP contribution in [0, 0.1) is 12.7 Å². The summed E-state index contributed by atoms with van der Waals surface area (Å²) in [5.74, 6) is -0.231. The van der Waals surface area contributed by atoms with Crippen molar-refractivity contribution in [2.75, 3.05) is 6.54 Å². The molecule has 20 heavy (non-hydrogen) atoms. The zero-order valence-electron chi connectivity index (χ0n) is 11.3. The fourth-order valence-corrected chi connectivity index (χ4v) is 3.85. The molecule has 108 valence electrons. The van der Waals surface area contributed by atoms with Gasteiger partial charge >= 0.3 is 0 Å². The molecule has 1 unspecified atom stereocenters. The first-order valence-corrected chi connectivity index (χ1v) is 8.45. The molecule has 0 bridgehead atoms. The molecule has 5 heteroatoms. The lowest BCUT2D eigenvalue weighted by Gasteiger charge is -2.18. The zero-order valence-corrected chi connectivity index (χ0v) is 14.5. The fourth-order valence-electron chi connectivity index (χ4n) is 2.01. The van der Waals surface area contributed by atoms with E-state index in [0.29, 0.717) is 10.6 Å². The minimum Gasteiger partial charge on any atom is -0.306 e. The van der Waals surface area contributed by atoms with Crippen LogP contribution in [0.3, 0.4) is 0 Å². The van der Waals surface area contributed by atoms with E-state index < -0.39 is 0 Å². The Hall–Kier alpha value is -0.420. The number of nitrogens with one attached hydrogen (secondary N) is 1. The molecule has 1 atom stereocenters. The van der Waals surface area contributed by atoms with E-state index in [4.69, 9.17) is 11.6 Å². The maximum atomic E-state index is 14.1. The van der Waals surface area contributed by atoms with Crippen LogP contribution < -0.4 is 5.32 Å². The molecule has 0 amide bonds. The molecule has 0 radical (unpaired) electrons. The highest BCUT2D eigenvalue weighted by Crippen LogP contribution is 2.35. The lowest BCUT2D eigenvalue weighted by Crippen LogP contribution is -2.23. The van der Waals surface area contributed by atoms with Crippen molar-refractivity contribution in [3.05, 3.63) is 54.9 Å². The Labute approximate surface area is 136 Å². The minimum atomic E-state index is -0.231. The third-order valence-corrected chi connectivity index (χ3v) is 5.46. The van der Waals surface area contributed by atoms with Crippen molar-refractivity contribution < 1.29 is 4.39 Å². The van der Waals surface area contributed by atoms with Crippen LogP contribution in [0.1, 0.15) is 34.7 Å². The van der Waals surface area contributed by atoms with Crippen LogP contribution in [0.4, 0.5) is 4.39 Å². The summed E-state index contributed by atoms with van der Waals surface area (Å²) in [5, 5.41) is 3.95. The summed E-state index contributed by atoms with van der Waals surface area (Å²) in [6.07, 6.45) is 0.990. The Morgan fingerprint density at radius 2 is 2.15 bits per heavy atom.